The number of rotatable bonds is 3. The summed E-state index contributed by atoms with van der Waals surface area (Å²) in [5.41, 5.74) is 0. The lowest BCUT2D eigenvalue weighted by Gasteiger charge is -1.97. The molecular weight excluding hydrogens is 291 g/mol. The van der Waals surface area contributed by atoms with Crippen molar-refractivity contribution in [3.05, 3.63) is 54.6 Å². The molecule has 108 valence electrons. The molecule has 20 heavy (non-hydrogen) atoms. The van der Waals surface area contributed by atoms with Gasteiger partial charge in [0.25, 0.3) is 0 Å². The molecule has 0 fully saturated rings. The molecule has 0 spiro atoms. The van der Waals surface area contributed by atoms with Gasteiger partial charge in [0.15, 0.2) is 9.79 Å². The Labute approximate surface area is 119 Å². The fourth-order valence-electron chi connectivity index (χ4n) is 1.31. The monoisotopic (exact) mass is 304 g/mol. The van der Waals surface area contributed by atoms with Crippen molar-refractivity contribution in [2.45, 2.75) is 9.79 Å². The zero-order valence-corrected chi connectivity index (χ0v) is 11.5. The van der Waals surface area contributed by atoms with Gasteiger partial charge in [-0.15, -0.1) is 0 Å². The number of ether oxygens (including phenoxy) is 1. The van der Waals surface area contributed by atoms with Gasteiger partial charge in [0.2, 0.25) is 0 Å². The van der Waals surface area contributed by atoms with E-state index in [4.69, 9.17) is 4.74 Å². The summed E-state index contributed by atoms with van der Waals surface area (Å²) in [5, 5.41) is 0. The summed E-state index contributed by atoms with van der Waals surface area (Å²) in [7, 11) is -4.32. The number of thiol groups is 1. The standard InChI is InChI=1S/C13H12OS.BF4/c1-14-11-7-9-13(10-8-11)15-12-5-3-2-4-6-12;2-1(3,4)5/h2-10H,1H3;/q;-1/p+1. The molecule has 2 rings (SSSR count). The van der Waals surface area contributed by atoms with E-state index in [2.05, 4.69) is 36.4 Å². The zero-order valence-electron chi connectivity index (χ0n) is 10.6. The van der Waals surface area contributed by atoms with E-state index in [9.17, 15) is 17.3 Å². The molecule has 0 aromatic heterocycles. The Bertz CT molecular complexity index is 496. The van der Waals surface area contributed by atoms with Gasteiger partial charge < -0.3 is 22.0 Å². The fourth-order valence-corrected chi connectivity index (χ4v) is 2.23. The van der Waals surface area contributed by atoms with Crippen LogP contribution in [0.5, 0.6) is 5.75 Å². The molecule has 2 aromatic carbocycles. The molecule has 0 saturated carbocycles. The fraction of sp³-hybridized carbons (Fsp3) is 0.0769. The molecule has 0 heterocycles. The van der Waals surface area contributed by atoms with Gasteiger partial charge in [-0.1, -0.05) is 18.2 Å². The summed E-state index contributed by atoms with van der Waals surface area (Å²) >= 11 is 1.24. The van der Waals surface area contributed by atoms with Crippen LogP contribution in [-0.2, 0) is 11.8 Å². The van der Waals surface area contributed by atoms with Crippen LogP contribution in [0.25, 0.3) is 0 Å². The molecular formula is C13H13BF4OS. The number of hydrogen-bond acceptors (Lipinski definition) is 1. The topological polar surface area (TPSA) is 9.23 Å². The maximum Gasteiger partial charge on any atom is 0.673 e. The summed E-state index contributed by atoms with van der Waals surface area (Å²) < 4.78 is 44.1. The first-order chi connectivity index (χ1) is 9.38. The highest BCUT2D eigenvalue weighted by Gasteiger charge is 2.20. The predicted octanol–water partition coefficient (Wildman–Crippen LogP) is 4.23. The van der Waals surface area contributed by atoms with Gasteiger partial charge in [-0.2, -0.15) is 0 Å². The molecule has 0 aliphatic carbocycles. The Kier molecular flexibility index (Phi) is 6.44. The minimum atomic E-state index is -6.00. The van der Waals surface area contributed by atoms with Crippen LogP contribution in [0.2, 0.25) is 0 Å². The van der Waals surface area contributed by atoms with Crippen molar-refractivity contribution in [2.75, 3.05) is 7.11 Å². The molecule has 0 atom stereocenters. The number of halogens is 4. The van der Waals surface area contributed by atoms with Crippen molar-refractivity contribution >= 4 is 19.0 Å². The minimum Gasteiger partial charge on any atom is -0.497 e. The van der Waals surface area contributed by atoms with Crippen molar-refractivity contribution in [3.8, 4) is 5.75 Å². The third kappa shape index (κ3) is 7.73. The largest absolute Gasteiger partial charge is 0.673 e. The quantitative estimate of drug-likeness (QED) is 0.357. The summed E-state index contributed by atoms with van der Waals surface area (Å²) in [4.78, 5) is 2.59. The van der Waals surface area contributed by atoms with Crippen LogP contribution in [-0.4, -0.2) is 14.4 Å². The van der Waals surface area contributed by atoms with Gasteiger partial charge in [-0.3, -0.25) is 0 Å². The van der Waals surface area contributed by atoms with Crippen molar-refractivity contribution in [1.29, 1.82) is 0 Å². The molecule has 0 bridgehead atoms. The van der Waals surface area contributed by atoms with E-state index < -0.39 is 7.25 Å². The first kappa shape index (κ1) is 16.4. The highest BCUT2D eigenvalue weighted by Crippen LogP contribution is 2.16. The third-order valence-electron chi connectivity index (χ3n) is 2.09. The molecule has 0 radical (unpaired) electrons. The van der Waals surface area contributed by atoms with E-state index in [-0.39, 0.29) is 0 Å². The SMILES string of the molecule is COc1ccc([SH+]c2ccccc2)cc1.F[B-](F)(F)F. The Morgan fingerprint density at radius 1 is 0.800 bits per heavy atom. The summed E-state index contributed by atoms with van der Waals surface area (Å²) in [5.74, 6) is 0.905. The lowest BCUT2D eigenvalue weighted by Crippen LogP contribution is -2.02. The number of methoxy groups -OCH3 is 1. The van der Waals surface area contributed by atoms with Crippen molar-refractivity contribution in [3.63, 3.8) is 0 Å². The van der Waals surface area contributed by atoms with Gasteiger partial charge in [0.1, 0.15) is 5.75 Å². The molecule has 0 saturated heterocycles. The van der Waals surface area contributed by atoms with E-state index in [1.807, 2.05) is 18.2 Å². The summed E-state index contributed by atoms with van der Waals surface area (Å²) in [6.07, 6.45) is 0. The van der Waals surface area contributed by atoms with Crippen LogP contribution < -0.4 is 4.74 Å². The maximum absolute atomic E-state index is 9.75. The Balaban J connectivity index is 0.000000347. The molecule has 2 aromatic rings. The zero-order chi connectivity index (χ0) is 15.0. The minimum absolute atomic E-state index is 0.905. The molecule has 0 aliphatic heterocycles. The van der Waals surface area contributed by atoms with Crippen molar-refractivity contribution < 1.29 is 22.0 Å². The van der Waals surface area contributed by atoms with Crippen molar-refractivity contribution in [2.24, 2.45) is 0 Å². The molecule has 0 N–H and O–H groups in total. The highest BCUT2D eigenvalue weighted by molar-refractivity contribution is 7.78. The van der Waals surface area contributed by atoms with Gasteiger partial charge in [-0.05, 0) is 36.4 Å². The average molecular weight is 304 g/mol. The van der Waals surface area contributed by atoms with Crippen LogP contribution in [0.15, 0.2) is 64.4 Å². The van der Waals surface area contributed by atoms with Gasteiger partial charge in [-0.25, -0.2) is 0 Å². The number of hydrogen-bond donors (Lipinski definition) is 0. The second-order valence-corrected chi connectivity index (χ2v) is 4.90. The van der Waals surface area contributed by atoms with Crippen LogP contribution in [0.1, 0.15) is 0 Å². The van der Waals surface area contributed by atoms with Crippen molar-refractivity contribution in [1.82, 2.24) is 0 Å². The Hall–Kier alpha value is -1.63. The Morgan fingerprint density at radius 2 is 1.25 bits per heavy atom. The Morgan fingerprint density at radius 3 is 1.70 bits per heavy atom. The molecule has 0 aliphatic rings. The van der Waals surface area contributed by atoms with Crippen LogP contribution in [0.4, 0.5) is 17.3 Å². The van der Waals surface area contributed by atoms with Crippen LogP contribution >= 0.6 is 0 Å². The first-order valence-corrected chi connectivity index (χ1v) is 6.56. The first-order valence-electron chi connectivity index (χ1n) is 5.66. The third-order valence-corrected chi connectivity index (χ3v) is 3.20. The second-order valence-electron chi connectivity index (χ2n) is 3.64. The van der Waals surface area contributed by atoms with Gasteiger partial charge in [0, 0.05) is 11.8 Å². The van der Waals surface area contributed by atoms with E-state index in [1.165, 1.54) is 21.6 Å². The van der Waals surface area contributed by atoms with Gasteiger partial charge >= 0.3 is 7.25 Å². The van der Waals surface area contributed by atoms with Gasteiger partial charge in [0.05, 0.1) is 7.11 Å². The van der Waals surface area contributed by atoms with Crippen LogP contribution in [0, 0.1) is 0 Å². The summed E-state index contributed by atoms with van der Waals surface area (Å²) in [6, 6.07) is 18.6. The second kappa shape index (κ2) is 7.84. The van der Waals surface area contributed by atoms with E-state index in [1.54, 1.807) is 7.11 Å². The average Bonchev–Trinajstić information content (AvgIpc) is 2.39. The number of benzene rings is 2. The molecule has 1 nitrogen and oxygen atoms in total. The highest BCUT2D eigenvalue weighted by atomic mass is 32.2. The lowest BCUT2D eigenvalue weighted by atomic mass is 10.3. The summed E-state index contributed by atoms with van der Waals surface area (Å²) in [6.45, 7) is 0. The van der Waals surface area contributed by atoms with Crippen LogP contribution in [0.3, 0.4) is 0 Å². The van der Waals surface area contributed by atoms with E-state index in [0.717, 1.165) is 5.75 Å². The normalized spacial score (nSPS) is 10.4. The molecule has 7 heteroatoms. The van der Waals surface area contributed by atoms with E-state index in [0.29, 0.717) is 0 Å². The molecule has 0 amide bonds. The maximum atomic E-state index is 9.75. The van der Waals surface area contributed by atoms with E-state index >= 15 is 0 Å². The lowest BCUT2D eigenvalue weighted by molar-refractivity contribution is 0.368. The predicted molar refractivity (Wildman–Crippen MR) is 74.9 cm³/mol. The smallest absolute Gasteiger partial charge is 0.497 e. The molecule has 0 unspecified atom stereocenters.